The first-order valence-corrected chi connectivity index (χ1v) is 4.44. The van der Waals surface area contributed by atoms with Crippen molar-refractivity contribution in [3.63, 3.8) is 0 Å². The van der Waals surface area contributed by atoms with Crippen molar-refractivity contribution in [1.29, 1.82) is 0 Å². The van der Waals surface area contributed by atoms with Crippen molar-refractivity contribution in [2.24, 2.45) is 0 Å². The molecule has 0 fully saturated rings. The van der Waals surface area contributed by atoms with E-state index in [-0.39, 0.29) is 7.13 Å². The van der Waals surface area contributed by atoms with Gasteiger partial charge in [-0.25, -0.2) is 0 Å². The van der Waals surface area contributed by atoms with Crippen LogP contribution in [0.25, 0.3) is 0 Å². The van der Waals surface area contributed by atoms with Gasteiger partial charge >= 0.3 is 76.7 Å². The first kappa shape index (κ1) is 8.85. The van der Waals surface area contributed by atoms with Crippen LogP contribution in [0.4, 0.5) is 0 Å². The molecule has 0 aliphatic heterocycles. The molecule has 0 spiro atoms. The van der Waals surface area contributed by atoms with Gasteiger partial charge in [-0.15, -0.1) is 0 Å². The van der Waals surface area contributed by atoms with E-state index in [9.17, 15) is 0 Å². The van der Waals surface area contributed by atoms with Gasteiger partial charge in [0.25, 0.3) is 0 Å². The number of aryl methyl sites for hydroxylation is 1. The van der Waals surface area contributed by atoms with E-state index < -0.39 is 0 Å². The van der Waals surface area contributed by atoms with Crippen LogP contribution in [0.15, 0.2) is 24.3 Å². The molecule has 1 aromatic carbocycles. The second-order valence-corrected chi connectivity index (χ2v) is 5.03. The molecule has 0 saturated heterocycles. The fraction of sp³-hybridized carbons (Fsp3) is 0.400. The summed E-state index contributed by atoms with van der Waals surface area (Å²) < 4.78 is 0.202. The van der Waals surface area contributed by atoms with Gasteiger partial charge in [-0.2, -0.15) is 0 Å². The van der Waals surface area contributed by atoms with E-state index in [1.807, 2.05) is 0 Å². The van der Waals surface area contributed by atoms with E-state index in [1.165, 1.54) is 11.1 Å². The van der Waals surface area contributed by atoms with E-state index in [2.05, 4.69) is 61.3 Å². The van der Waals surface area contributed by atoms with Crippen molar-refractivity contribution in [3.8, 4) is 0 Å². The predicted octanol–water partition coefficient (Wildman–Crippen LogP) is 2.62. The molecule has 1 rings (SSSR count). The number of hydrogen-bond donors (Lipinski definition) is 0. The summed E-state index contributed by atoms with van der Waals surface area (Å²) in [4.78, 5) is 0. The fourth-order valence-electron chi connectivity index (χ4n) is 0.983. The zero-order valence-electron chi connectivity index (χ0n) is 9.39. The second-order valence-electron chi connectivity index (χ2n) is 3.59. The molecular formula is C10H15Al. The third kappa shape index (κ3) is 2.36. The minimum absolute atomic E-state index is 0. The summed E-state index contributed by atoms with van der Waals surface area (Å²) in [6.45, 7) is 6.50. The molecular weight excluding hydrogens is 147 g/mol. The Balaban J connectivity index is 0. The SMILES string of the molecule is Cc1ccc([C](C)(C)[Al+2])cc1.[H-].[H-]. The summed E-state index contributed by atoms with van der Waals surface area (Å²) in [7, 11) is 0. The van der Waals surface area contributed by atoms with E-state index in [0.717, 1.165) is 0 Å². The molecule has 0 aliphatic carbocycles. The monoisotopic (exact) mass is 162 g/mol. The number of hydrogen-bond acceptors (Lipinski definition) is 0. The first-order valence-electron chi connectivity index (χ1n) is 3.86. The van der Waals surface area contributed by atoms with Crippen molar-refractivity contribution in [2.45, 2.75) is 25.0 Å². The predicted molar refractivity (Wildman–Crippen MR) is 52.2 cm³/mol. The molecule has 0 atom stereocenters. The quantitative estimate of drug-likeness (QED) is 0.557. The molecule has 0 unspecified atom stereocenters. The molecule has 58 valence electrons. The van der Waals surface area contributed by atoms with Gasteiger partial charge < -0.3 is 2.85 Å². The van der Waals surface area contributed by atoms with Crippen LogP contribution >= 0.6 is 0 Å². The summed E-state index contributed by atoms with van der Waals surface area (Å²) in [5.41, 5.74) is 2.69. The van der Waals surface area contributed by atoms with Crippen molar-refractivity contribution in [1.82, 2.24) is 0 Å². The summed E-state index contributed by atoms with van der Waals surface area (Å²) in [6.07, 6.45) is 0. The van der Waals surface area contributed by atoms with Gasteiger partial charge in [0.05, 0.1) is 0 Å². The van der Waals surface area contributed by atoms with Gasteiger partial charge in [-0.05, 0) is 0 Å². The molecule has 0 heterocycles. The van der Waals surface area contributed by atoms with Crippen LogP contribution in [-0.2, 0) is 4.28 Å². The van der Waals surface area contributed by atoms with Crippen LogP contribution < -0.4 is 0 Å². The van der Waals surface area contributed by atoms with Crippen LogP contribution in [0.2, 0.25) is 0 Å². The van der Waals surface area contributed by atoms with Crippen LogP contribution in [0.5, 0.6) is 0 Å². The molecule has 0 aromatic heterocycles. The van der Waals surface area contributed by atoms with Crippen molar-refractivity contribution < 1.29 is 2.85 Å². The normalized spacial score (nSPS) is 11.7. The zero-order chi connectivity index (χ0) is 8.48. The Bertz CT molecular complexity index is 236. The molecule has 1 aromatic rings. The Hall–Kier alpha value is -0.248. The minimum atomic E-state index is 0. The number of rotatable bonds is 1. The van der Waals surface area contributed by atoms with E-state index >= 15 is 0 Å². The Labute approximate surface area is 80.0 Å². The molecule has 0 N–H and O–H groups in total. The molecule has 0 nitrogen and oxygen atoms in total. The minimum Gasteiger partial charge on any atom is -1.00 e. The third-order valence-electron chi connectivity index (χ3n) is 1.80. The molecule has 0 aliphatic rings. The Morgan fingerprint density at radius 2 is 1.64 bits per heavy atom. The molecule has 0 amide bonds. The Kier molecular flexibility index (Phi) is 2.42. The summed E-state index contributed by atoms with van der Waals surface area (Å²) >= 11 is 2.85. The third-order valence-corrected chi connectivity index (χ3v) is 2.13. The zero-order valence-corrected chi connectivity index (χ0v) is 8.54. The maximum atomic E-state index is 2.85. The van der Waals surface area contributed by atoms with Gasteiger partial charge in [0.15, 0.2) is 0 Å². The molecule has 11 heavy (non-hydrogen) atoms. The largest absolute Gasteiger partial charge is 1.00 e. The smallest absolute Gasteiger partial charge is 1.00 e. The molecule has 0 radical (unpaired) electrons. The Morgan fingerprint density at radius 1 is 1.18 bits per heavy atom. The van der Waals surface area contributed by atoms with Crippen LogP contribution in [0.3, 0.4) is 0 Å². The average molecular weight is 162 g/mol. The van der Waals surface area contributed by atoms with Gasteiger partial charge in [-0.1, -0.05) is 0 Å². The second kappa shape index (κ2) is 3.01. The van der Waals surface area contributed by atoms with Gasteiger partial charge in [0.1, 0.15) is 0 Å². The maximum Gasteiger partial charge on any atom is -1.00 e. The van der Waals surface area contributed by atoms with Gasteiger partial charge in [0, 0.05) is 0 Å². The maximum absolute atomic E-state index is 2.85. The van der Waals surface area contributed by atoms with E-state index in [1.54, 1.807) is 0 Å². The van der Waals surface area contributed by atoms with E-state index in [0.29, 0.717) is 0 Å². The van der Waals surface area contributed by atoms with Gasteiger partial charge in [0.2, 0.25) is 0 Å². The standard InChI is InChI=1S/C10H13.Al.2H/c1-8(2)10-6-4-9(3)5-7-10;;;/h4-7H,1-3H3;;;/q;+2;2*-1. The fourth-order valence-corrected chi connectivity index (χ4v) is 1.18. The van der Waals surface area contributed by atoms with Crippen LogP contribution in [0.1, 0.15) is 27.8 Å². The molecule has 1 heteroatoms. The summed E-state index contributed by atoms with van der Waals surface area (Å²) in [5.74, 6) is 0. The molecule has 0 saturated carbocycles. The van der Waals surface area contributed by atoms with Crippen molar-refractivity contribution >= 4 is 16.3 Å². The van der Waals surface area contributed by atoms with Crippen LogP contribution in [-0.4, -0.2) is 16.3 Å². The van der Waals surface area contributed by atoms with Crippen molar-refractivity contribution in [3.05, 3.63) is 35.4 Å². The topological polar surface area (TPSA) is 0 Å². The summed E-state index contributed by atoms with van der Waals surface area (Å²) in [5, 5.41) is 0. The first-order chi connectivity index (χ1) is 5.00. The van der Waals surface area contributed by atoms with Crippen molar-refractivity contribution in [2.75, 3.05) is 0 Å². The van der Waals surface area contributed by atoms with E-state index in [4.69, 9.17) is 0 Å². The van der Waals surface area contributed by atoms with Crippen LogP contribution in [0, 0.1) is 6.92 Å². The number of benzene rings is 1. The average Bonchev–Trinajstić information content (AvgIpc) is 1.86. The molecule has 0 bridgehead atoms. The van der Waals surface area contributed by atoms with Gasteiger partial charge in [-0.3, -0.25) is 0 Å². The summed E-state index contributed by atoms with van der Waals surface area (Å²) in [6, 6.07) is 8.67. The Morgan fingerprint density at radius 3 is 2.00 bits per heavy atom.